The predicted octanol–water partition coefficient (Wildman–Crippen LogP) is 5.22. The lowest BCUT2D eigenvalue weighted by Gasteiger charge is -2.29. The monoisotopic (exact) mass is 542 g/mol. The van der Waals surface area contributed by atoms with Crippen molar-refractivity contribution in [3.05, 3.63) is 78.8 Å². The van der Waals surface area contributed by atoms with E-state index in [0.717, 1.165) is 54.9 Å². The maximum Gasteiger partial charge on any atom is 0.229 e. The zero-order valence-corrected chi connectivity index (χ0v) is 23.0. The zero-order valence-electron chi connectivity index (χ0n) is 23.0. The number of rotatable bonds is 12. The van der Waals surface area contributed by atoms with Crippen LogP contribution in [0.1, 0.15) is 26.8 Å². The molecule has 0 bridgehead atoms. The molecule has 1 aromatic carbocycles. The fourth-order valence-electron chi connectivity index (χ4n) is 4.40. The summed E-state index contributed by atoms with van der Waals surface area (Å²) in [6, 6.07) is 17.8. The molecule has 1 aliphatic rings. The smallest absolute Gasteiger partial charge is 0.229 e. The topological polar surface area (TPSA) is 109 Å². The Kier molecular flexibility index (Phi) is 9.46. The molecule has 210 valence electrons. The molecule has 40 heavy (non-hydrogen) atoms. The number of hydrogen-bond acceptors (Lipinski definition) is 10. The van der Waals surface area contributed by atoms with Crippen molar-refractivity contribution in [2.45, 2.75) is 32.5 Å². The van der Waals surface area contributed by atoms with Crippen LogP contribution in [-0.2, 0) is 11.3 Å². The van der Waals surface area contributed by atoms with Crippen molar-refractivity contribution in [3.63, 3.8) is 0 Å². The van der Waals surface area contributed by atoms with Crippen LogP contribution in [-0.4, -0.2) is 64.4 Å². The van der Waals surface area contributed by atoms with Crippen LogP contribution in [0.3, 0.4) is 0 Å². The highest BCUT2D eigenvalue weighted by atomic mass is 16.5. The maximum atomic E-state index is 6.19. The highest BCUT2D eigenvalue weighted by molar-refractivity contribution is 5.69. The first-order chi connectivity index (χ1) is 19.7. The molecule has 4 aromatic rings. The van der Waals surface area contributed by atoms with Crippen LogP contribution < -0.4 is 20.7 Å². The Morgan fingerprint density at radius 2 is 1.82 bits per heavy atom. The summed E-state index contributed by atoms with van der Waals surface area (Å²) in [7, 11) is 2.14. The predicted molar refractivity (Wildman–Crippen MR) is 159 cm³/mol. The van der Waals surface area contributed by atoms with Gasteiger partial charge in [0.1, 0.15) is 17.7 Å². The van der Waals surface area contributed by atoms with E-state index in [2.05, 4.69) is 37.9 Å². The fraction of sp³-hybridized carbons (Fsp3) is 0.333. The molecule has 0 amide bonds. The molecule has 1 fully saturated rings. The average Bonchev–Trinajstić information content (AvgIpc) is 2.98. The molecule has 10 nitrogen and oxygen atoms in total. The van der Waals surface area contributed by atoms with Gasteiger partial charge in [0, 0.05) is 56.0 Å². The molecule has 0 radical (unpaired) electrons. The number of aromatic nitrogens is 4. The first-order valence-corrected chi connectivity index (χ1v) is 13.7. The second kappa shape index (κ2) is 13.8. The van der Waals surface area contributed by atoms with Gasteiger partial charge in [0.05, 0.1) is 13.3 Å². The standard InChI is InChI=1S/C30H36N8O2.H2/c1-3-31-21-39-20-24-19-33-30(34-25-9-4-7-22(17-25)23-8-6-14-32-18-23)37-29(24)36-27-10-5-11-28(35-27)40-26-12-15-38(2)16-13-26;/h4-11,14,17-19,26,31H,3,12-13,15-16,20-21H2,1-2H3,(H2,33,34,35,36,37);1H. The van der Waals surface area contributed by atoms with E-state index in [9.17, 15) is 0 Å². The van der Waals surface area contributed by atoms with Gasteiger partial charge in [-0.1, -0.05) is 31.2 Å². The van der Waals surface area contributed by atoms with Crippen LogP contribution in [0.4, 0.5) is 23.3 Å². The molecule has 5 rings (SSSR count). The van der Waals surface area contributed by atoms with Crippen molar-refractivity contribution in [1.29, 1.82) is 0 Å². The number of hydrogen-bond donors (Lipinski definition) is 3. The Labute approximate surface area is 236 Å². The summed E-state index contributed by atoms with van der Waals surface area (Å²) in [5.41, 5.74) is 3.78. The van der Waals surface area contributed by atoms with Crippen LogP contribution in [0.25, 0.3) is 11.1 Å². The van der Waals surface area contributed by atoms with E-state index in [-0.39, 0.29) is 7.53 Å². The maximum absolute atomic E-state index is 6.19. The first kappa shape index (κ1) is 27.4. The van der Waals surface area contributed by atoms with Gasteiger partial charge in [0.25, 0.3) is 0 Å². The molecule has 1 aliphatic heterocycles. The Balaban J connectivity index is 0.00000387. The van der Waals surface area contributed by atoms with Crippen molar-refractivity contribution in [3.8, 4) is 17.0 Å². The summed E-state index contributed by atoms with van der Waals surface area (Å²) < 4.78 is 12.0. The second-order valence-electron chi connectivity index (χ2n) is 9.72. The van der Waals surface area contributed by atoms with Gasteiger partial charge in [-0.15, -0.1) is 0 Å². The number of ether oxygens (including phenoxy) is 2. The third-order valence-corrected chi connectivity index (χ3v) is 6.61. The van der Waals surface area contributed by atoms with E-state index in [4.69, 9.17) is 19.4 Å². The van der Waals surface area contributed by atoms with Gasteiger partial charge in [-0.3, -0.25) is 10.3 Å². The summed E-state index contributed by atoms with van der Waals surface area (Å²) in [6.45, 7) is 5.71. The summed E-state index contributed by atoms with van der Waals surface area (Å²) in [4.78, 5) is 20.6. The quantitative estimate of drug-likeness (QED) is 0.163. The zero-order chi connectivity index (χ0) is 27.6. The molecule has 3 N–H and O–H groups in total. The summed E-state index contributed by atoms with van der Waals surface area (Å²) in [5.74, 6) is 2.31. The minimum Gasteiger partial charge on any atom is -0.474 e. The molecule has 1 saturated heterocycles. The number of pyridine rings is 2. The summed E-state index contributed by atoms with van der Waals surface area (Å²) in [5, 5.41) is 9.86. The van der Waals surface area contributed by atoms with Crippen LogP contribution in [0.15, 0.2) is 73.2 Å². The molecular weight excluding hydrogens is 504 g/mol. The molecule has 0 spiro atoms. The van der Waals surface area contributed by atoms with E-state index in [0.29, 0.717) is 36.8 Å². The summed E-state index contributed by atoms with van der Waals surface area (Å²) >= 11 is 0. The highest BCUT2D eigenvalue weighted by Crippen LogP contribution is 2.26. The molecule has 0 unspecified atom stereocenters. The normalized spacial score (nSPS) is 14.2. The van der Waals surface area contributed by atoms with Gasteiger partial charge >= 0.3 is 0 Å². The van der Waals surface area contributed by atoms with E-state index in [1.54, 1.807) is 12.4 Å². The van der Waals surface area contributed by atoms with Crippen molar-refractivity contribution in [2.24, 2.45) is 0 Å². The van der Waals surface area contributed by atoms with Crippen LogP contribution in [0, 0.1) is 0 Å². The van der Waals surface area contributed by atoms with Crippen molar-refractivity contribution in [1.82, 2.24) is 30.2 Å². The molecule has 4 heterocycles. The van der Waals surface area contributed by atoms with E-state index < -0.39 is 0 Å². The van der Waals surface area contributed by atoms with Crippen molar-refractivity contribution < 1.29 is 10.9 Å². The molecular formula is C30H38N8O2. The van der Waals surface area contributed by atoms with Crippen LogP contribution in [0.5, 0.6) is 5.88 Å². The molecule has 3 aromatic heterocycles. The number of likely N-dealkylation sites (tertiary alicyclic amines) is 1. The van der Waals surface area contributed by atoms with E-state index in [1.807, 2.05) is 67.7 Å². The van der Waals surface area contributed by atoms with E-state index >= 15 is 0 Å². The minimum absolute atomic E-state index is 0. The van der Waals surface area contributed by atoms with Gasteiger partial charge in [-0.2, -0.15) is 9.97 Å². The van der Waals surface area contributed by atoms with Crippen molar-refractivity contribution >= 4 is 23.3 Å². The average molecular weight is 543 g/mol. The Hall–Kier alpha value is -4.12. The lowest BCUT2D eigenvalue weighted by atomic mass is 10.1. The highest BCUT2D eigenvalue weighted by Gasteiger charge is 2.19. The first-order valence-electron chi connectivity index (χ1n) is 13.7. The molecule has 10 heteroatoms. The second-order valence-corrected chi connectivity index (χ2v) is 9.72. The Morgan fingerprint density at radius 1 is 0.975 bits per heavy atom. The Morgan fingerprint density at radius 3 is 2.65 bits per heavy atom. The number of anilines is 4. The number of nitrogens with one attached hydrogen (secondary N) is 3. The van der Waals surface area contributed by atoms with Crippen LogP contribution in [0.2, 0.25) is 0 Å². The van der Waals surface area contributed by atoms with Gasteiger partial charge in [-0.05, 0) is 56.3 Å². The number of benzene rings is 1. The lowest BCUT2D eigenvalue weighted by Crippen LogP contribution is -2.35. The molecule has 0 aliphatic carbocycles. The number of nitrogens with zero attached hydrogens (tertiary/aromatic N) is 5. The van der Waals surface area contributed by atoms with Crippen LogP contribution >= 0.6 is 0 Å². The van der Waals surface area contributed by atoms with Gasteiger partial charge < -0.3 is 25.0 Å². The summed E-state index contributed by atoms with van der Waals surface area (Å²) in [6.07, 6.45) is 7.54. The lowest BCUT2D eigenvalue weighted by molar-refractivity contribution is 0.105. The fourth-order valence-corrected chi connectivity index (χ4v) is 4.40. The third kappa shape index (κ3) is 7.72. The molecule has 0 atom stereocenters. The van der Waals surface area contributed by atoms with Gasteiger partial charge in [0.15, 0.2) is 0 Å². The minimum atomic E-state index is 0. The largest absolute Gasteiger partial charge is 0.474 e. The van der Waals surface area contributed by atoms with Crippen molar-refractivity contribution in [2.75, 3.05) is 44.0 Å². The van der Waals surface area contributed by atoms with Gasteiger partial charge in [0.2, 0.25) is 11.8 Å². The third-order valence-electron chi connectivity index (χ3n) is 6.61. The molecule has 0 saturated carbocycles. The SMILES string of the molecule is CCNCOCc1cnc(Nc2cccc(-c3cccnc3)c2)nc1Nc1cccc(OC2CCN(C)CC2)n1.[HH]. The number of piperidine rings is 1. The van der Waals surface area contributed by atoms with Gasteiger partial charge in [-0.25, -0.2) is 4.98 Å². The van der Waals surface area contributed by atoms with E-state index in [1.165, 1.54) is 0 Å². The Bertz CT molecular complexity index is 1370.